The molecule has 2 aromatic rings. The van der Waals surface area contributed by atoms with E-state index in [1.54, 1.807) is 0 Å². The minimum Gasteiger partial charge on any atom is -0.403 e. The zero-order valence-electron chi connectivity index (χ0n) is 10.8. The zero-order chi connectivity index (χ0) is 13.1. The Balaban J connectivity index is 1.79. The van der Waals surface area contributed by atoms with Crippen molar-refractivity contribution in [3.63, 3.8) is 0 Å². The largest absolute Gasteiger partial charge is 0.403 e. The quantitative estimate of drug-likeness (QED) is 0.904. The van der Waals surface area contributed by atoms with E-state index in [-0.39, 0.29) is 0 Å². The molecule has 1 saturated heterocycles. The topological polar surface area (TPSA) is 63.4 Å². The van der Waals surface area contributed by atoms with E-state index in [4.69, 9.17) is 9.15 Å². The van der Waals surface area contributed by atoms with Crippen molar-refractivity contribution in [2.24, 2.45) is 0 Å². The average Bonchev–Trinajstić information content (AvgIpc) is 2.98. The molecular formula is C13H16N4O2. The minimum atomic E-state index is 0.546. The van der Waals surface area contributed by atoms with E-state index in [0.717, 1.165) is 24.3 Å². The third kappa shape index (κ3) is 2.53. The van der Waals surface area contributed by atoms with Crippen LogP contribution >= 0.6 is 0 Å². The number of morpholine rings is 1. The number of hydrogen-bond donors (Lipinski definition) is 1. The maximum atomic E-state index is 5.71. The summed E-state index contributed by atoms with van der Waals surface area (Å²) in [6.07, 6.45) is 0. The summed E-state index contributed by atoms with van der Waals surface area (Å²) in [6.45, 7) is 2.99. The number of rotatable bonds is 3. The highest BCUT2D eigenvalue weighted by molar-refractivity contribution is 5.58. The number of hydrogen-bond acceptors (Lipinski definition) is 6. The van der Waals surface area contributed by atoms with Gasteiger partial charge in [-0.3, -0.25) is 0 Å². The number of nitrogens with zero attached hydrogens (tertiary/aromatic N) is 3. The van der Waals surface area contributed by atoms with Gasteiger partial charge in [0, 0.05) is 31.4 Å². The smallest absolute Gasteiger partial charge is 0.318 e. The summed E-state index contributed by atoms with van der Waals surface area (Å²) in [5.74, 6) is 0.546. The van der Waals surface area contributed by atoms with Crippen LogP contribution < -0.4 is 10.2 Å². The van der Waals surface area contributed by atoms with Crippen LogP contribution in [0.4, 0.5) is 11.7 Å². The van der Waals surface area contributed by atoms with Crippen LogP contribution in [0.1, 0.15) is 0 Å². The highest BCUT2D eigenvalue weighted by Crippen LogP contribution is 2.23. The SMILES string of the molecule is CNc1ccc(-c2nnc(N3CCOCC3)o2)cc1. The van der Waals surface area contributed by atoms with Gasteiger partial charge >= 0.3 is 6.01 Å². The molecule has 1 aliphatic heterocycles. The fourth-order valence-corrected chi connectivity index (χ4v) is 1.99. The zero-order valence-corrected chi connectivity index (χ0v) is 10.8. The van der Waals surface area contributed by atoms with Crippen molar-refractivity contribution in [1.29, 1.82) is 0 Å². The van der Waals surface area contributed by atoms with E-state index in [9.17, 15) is 0 Å². The third-order valence-electron chi connectivity index (χ3n) is 3.12. The molecule has 0 unspecified atom stereocenters. The molecule has 0 spiro atoms. The molecule has 0 radical (unpaired) electrons. The lowest BCUT2D eigenvalue weighted by Crippen LogP contribution is -2.36. The normalized spacial score (nSPS) is 15.5. The Labute approximate surface area is 111 Å². The van der Waals surface area contributed by atoms with E-state index in [1.165, 1.54) is 0 Å². The van der Waals surface area contributed by atoms with Crippen LogP contribution in [0.15, 0.2) is 28.7 Å². The number of benzene rings is 1. The molecule has 0 bridgehead atoms. The van der Waals surface area contributed by atoms with E-state index in [2.05, 4.69) is 15.5 Å². The molecule has 0 amide bonds. The lowest BCUT2D eigenvalue weighted by Gasteiger charge is -2.24. The first-order valence-electron chi connectivity index (χ1n) is 6.31. The van der Waals surface area contributed by atoms with Crippen molar-refractivity contribution in [3.8, 4) is 11.5 Å². The second-order valence-corrected chi connectivity index (χ2v) is 4.32. The van der Waals surface area contributed by atoms with E-state index < -0.39 is 0 Å². The third-order valence-corrected chi connectivity index (χ3v) is 3.12. The molecule has 6 nitrogen and oxygen atoms in total. The molecule has 100 valence electrons. The first-order chi connectivity index (χ1) is 9.36. The van der Waals surface area contributed by atoms with E-state index in [0.29, 0.717) is 25.1 Å². The van der Waals surface area contributed by atoms with Crippen LogP contribution in [0.5, 0.6) is 0 Å². The van der Waals surface area contributed by atoms with Gasteiger partial charge in [0.25, 0.3) is 0 Å². The summed E-state index contributed by atoms with van der Waals surface area (Å²) in [7, 11) is 1.89. The van der Waals surface area contributed by atoms with Gasteiger partial charge in [0.15, 0.2) is 0 Å². The minimum absolute atomic E-state index is 0.546. The van der Waals surface area contributed by atoms with Gasteiger partial charge in [-0.1, -0.05) is 5.10 Å². The van der Waals surface area contributed by atoms with Crippen molar-refractivity contribution < 1.29 is 9.15 Å². The fraction of sp³-hybridized carbons (Fsp3) is 0.385. The number of nitrogens with one attached hydrogen (secondary N) is 1. The van der Waals surface area contributed by atoms with Gasteiger partial charge < -0.3 is 19.4 Å². The standard InChI is InChI=1S/C13H16N4O2/c1-14-11-4-2-10(3-5-11)12-15-16-13(19-12)17-6-8-18-9-7-17/h2-5,14H,6-9H2,1H3. The van der Waals surface area contributed by atoms with Gasteiger partial charge in [0.05, 0.1) is 13.2 Å². The number of ether oxygens (including phenoxy) is 1. The van der Waals surface area contributed by atoms with Crippen LogP contribution in [0.2, 0.25) is 0 Å². The lowest BCUT2D eigenvalue weighted by atomic mass is 10.2. The Morgan fingerprint density at radius 1 is 1.11 bits per heavy atom. The van der Waals surface area contributed by atoms with Crippen molar-refractivity contribution >= 4 is 11.7 Å². The predicted molar refractivity (Wildman–Crippen MR) is 72.3 cm³/mol. The molecule has 0 atom stereocenters. The first kappa shape index (κ1) is 12.0. The van der Waals surface area contributed by atoms with Gasteiger partial charge in [0.1, 0.15) is 0 Å². The van der Waals surface area contributed by atoms with Gasteiger partial charge in [-0.25, -0.2) is 0 Å². The van der Waals surface area contributed by atoms with Gasteiger partial charge in [-0.05, 0) is 24.3 Å². The molecule has 2 heterocycles. The summed E-state index contributed by atoms with van der Waals surface area (Å²) in [4.78, 5) is 2.04. The summed E-state index contributed by atoms with van der Waals surface area (Å²) in [5, 5.41) is 11.3. The van der Waals surface area contributed by atoms with Crippen LogP contribution in [-0.2, 0) is 4.74 Å². The molecule has 0 aliphatic carbocycles. The van der Waals surface area contributed by atoms with Crippen molar-refractivity contribution in [2.75, 3.05) is 43.6 Å². The van der Waals surface area contributed by atoms with Crippen LogP contribution in [-0.4, -0.2) is 43.5 Å². The Bertz CT molecular complexity index is 532. The Morgan fingerprint density at radius 3 is 2.53 bits per heavy atom. The predicted octanol–water partition coefficient (Wildman–Crippen LogP) is 1.61. The molecule has 1 N–H and O–H groups in total. The van der Waals surface area contributed by atoms with Gasteiger partial charge in [-0.2, -0.15) is 0 Å². The highest BCUT2D eigenvalue weighted by atomic mass is 16.5. The molecule has 1 aromatic carbocycles. The summed E-state index contributed by atoms with van der Waals surface area (Å²) in [6, 6.07) is 8.45. The number of aromatic nitrogens is 2. The summed E-state index contributed by atoms with van der Waals surface area (Å²) >= 11 is 0. The molecule has 6 heteroatoms. The molecule has 1 fully saturated rings. The van der Waals surface area contributed by atoms with Crippen molar-refractivity contribution in [3.05, 3.63) is 24.3 Å². The molecule has 19 heavy (non-hydrogen) atoms. The van der Waals surface area contributed by atoms with E-state index in [1.807, 2.05) is 36.2 Å². The highest BCUT2D eigenvalue weighted by Gasteiger charge is 2.17. The fourth-order valence-electron chi connectivity index (χ4n) is 1.99. The average molecular weight is 260 g/mol. The number of anilines is 2. The molecule has 1 aromatic heterocycles. The Morgan fingerprint density at radius 2 is 1.84 bits per heavy atom. The lowest BCUT2D eigenvalue weighted by molar-refractivity contribution is 0.120. The maximum Gasteiger partial charge on any atom is 0.318 e. The van der Waals surface area contributed by atoms with Crippen LogP contribution in [0, 0.1) is 0 Å². The maximum absolute atomic E-state index is 5.71. The monoisotopic (exact) mass is 260 g/mol. The summed E-state index contributed by atoms with van der Waals surface area (Å²) < 4.78 is 11.0. The van der Waals surface area contributed by atoms with Crippen LogP contribution in [0.25, 0.3) is 11.5 Å². The molecule has 3 rings (SSSR count). The van der Waals surface area contributed by atoms with Crippen molar-refractivity contribution in [1.82, 2.24) is 10.2 Å². The van der Waals surface area contributed by atoms with Crippen molar-refractivity contribution in [2.45, 2.75) is 0 Å². The van der Waals surface area contributed by atoms with Gasteiger partial charge in [0.2, 0.25) is 5.89 Å². The summed E-state index contributed by atoms with van der Waals surface area (Å²) in [5.41, 5.74) is 1.97. The first-order valence-corrected chi connectivity index (χ1v) is 6.31. The molecular weight excluding hydrogens is 244 g/mol. The van der Waals surface area contributed by atoms with Crippen LogP contribution in [0.3, 0.4) is 0 Å². The molecule has 1 aliphatic rings. The van der Waals surface area contributed by atoms with Gasteiger partial charge in [-0.15, -0.1) is 5.10 Å². The Hall–Kier alpha value is -2.08. The molecule has 0 saturated carbocycles. The second kappa shape index (κ2) is 5.27. The Kier molecular flexibility index (Phi) is 3.33. The second-order valence-electron chi connectivity index (χ2n) is 4.32. The van der Waals surface area contributed by atoms with E-state index >= 15 is 0 Å².